The van der Waals surface area contributed by atoms with Crippen LogP contribution in [0.4, 0.5) is 0 Å². The van der Waals surface area contributed by atoms with Gasteiger partial charge < -0.3 is 4.74 Å². The minimum absolute atomic E-state index is 0.0328. The molecule has 4 nitrogen and oxygen atoms in total. The molecule has 1 aromatic heterocycles. The molecule has 25 heavy (non-hydrogen) atoms. The van der Waals surface area contributed by atoms with E-state index < -0.39 is 5.92 Å². The average Bonchev–Trinajstić information content (AvgIpc) is 3.22. The molecule has 2 aromatic rings. The standard InChI is InChI=1S/C20H17NO3S/c1-3-24-20(23)15-11(2)21-18-12-7-4-5-8-13(12)19(22)17(18)16(15)14-9-6-10-25-14/h4-10,15-16H,3H2,1-2H3. The van der Waals surface area contributed by atoms with Crippen LogP contribution >= 0.6 is 11.3 Å². The number of fused-ring (bicyclic) bond motifs is 2. The molecule has 1 aliphatic carbocycles. The zero-order chi connectivity index (χ0) is 17.6. The molecule has 0 N–H and O–H groups in total. The van der Waals surface area contributed by atoms with Gasteiger partial charge in [0.2, 0.25) is 0 Å². The molecule has 0 saturated carbocycles. The van der Waals surface area contributed by atoms with Crippen molar-refractivity contribution in [1.29, 1.82) is 0 Å². The SMILES string of the molecule is CCOC(=O)C1C(C)=NC2=C(C(=O)c3ccccc32)C1c1cccs1. The summed E-state index contributed by atoms with van der Waals surface area (Å²) in [6, 6.07) is 11.4. The van der Waals surface area contributed by atoms with Crippen LogP contribution in [0.25, 0.3) is 5.70 Å². The topological polar surface area (TPSA) is 55.7 Å². The van der Waals surface area contributed by atoms with E-state index in [-0.39, 0.29) is 17.7 Å². The highest BCUT2D eigenvalue weighted by Crippen LogP contribution is 2.48. The van der Waals surface area contributed by atoms with Crippen LogP contribution in [0.5, 0.6) is 0 Å². The van der Waals surface area contributed by atoms with Gasteiger partial charge in [-0.3, -0.25) is 14.6 Å². The van der Waals surface area contributed by atoms with Crippen LogP contribution < -0.4 is 0 Å². The maximum Gasteiger partial charge on any atom is 0.315 e. The number of Topliss-reactive ketones (excluding diaryl/α,β-unsaturated/α-hetero) is 1. The minimum Gasteiger partial charge on any atom is -0.465 e. The van der Waals surface area contributed by atoms with E-state index in [0.29, 0.717) is 29.2 Å². The highest BCUT2D eigenvalue weighted by Gasteiger charge is 2.46. The third-order valence-corrected chi connectivity index (χ3v) is 5.65. The summed E-state index contributed by atoms with van der Waals surface area (Å²) in [5.41, 5.74) is 3.53. The monoisotopic (exact) mass is 351 g/mol. The summed E-state index contributed by atoms with van der Waals surface area (Å²) < 4.78 is 5.29. The number of esters is 1. The van der Waals surface area contributed by atoms with E-state index in [9.17, 15) is 9.59 Å². The highest BCUT2D eigenvalue weighted by molar-refractivity contribution is 7.10. The molecule has 0 bridgehead atoms. The molecule has 0 radical (unpaired) electrons. The van der Waals surface area contributed by atoms with Gasteiger partial charge in [-0.1, -0.05) is 30.3 Å². The average molecular weight is 351 g/mol. The lowest BCUT2D eigenvalue weighted by atomic mass is 9.78. The lowest BCUT2D eigenvalue weighted by molar-refractivity contribution is -0.145. The van der Waals surface area contributed by atoms with Gasteiger partial charge in [0.05, 0.1) is 12.3 Å². The lowest BCUT2D eigenvalue weighted by Crippen LogP contribution is -2.34. The number of aliphatic imine (C=N–C) groups is 1. The maximum absolute atomic E-state index is 13.1. The van der Waals surface area contributed by atoms with Crippen molar-refractivity contribution in [3.05, 3.63) is 63.4 Å². The molecule has 0 fully saturated rings. The van der Waals surface area contributed by atoms with Crippen LogP contribution in [0.3, 0.4) is 0 Å². The maximum atomic E-state index is 13.1. The third-order valence-electron chi connectivity index (χ3n) is 4.70. The predicted octanol–water partition coefficient (Wildman–Crippen LogP) is 4.09. The summed E-state index contributed by atoms with van der Waals surface area (Å²) in [5, 5.41) is 1.96. The van der Waals surface area contributed by atoms with E-state index in [1.54, 1.807) is 18.3 Å². The molecule has 2 unspecified atom stereocenters. The summed E-state index contributed by atoms with van der Waals surface area (Å²) in [7, 11) is 0. The number of carbonyl (C=O) groups is 2. The number of thiophene rings is 1. The van der Waals surface area contributed by atoms with Crippen molar-refractivity contribution in [1.82, 2.24) is 0 Å². The van der Waals surface area contributed by atoms with Gasteiger partial charge in [-0.15, -0.1) is 11.3 Å². The van der Waals surface area contributed by atoms with Crippen LogP contribution in [0.15, 0.2) is 52.3 Å². The van der Waals surface area contributed by atoms with Crippen molar-refractivity contribution in [2.75, 3.05) is 6.61 Å². The Morgan fingerprint density at radius 3 is 2.64 bits per heavy atom. The number of ketones is 1. The second-order valence-electron chi connectivity index (χ2n) is 6.11. The zero-order valence-corrected chi connectivity index (χ0v) is 14.8. The molecule has 0 saturated heterocycles. The number of carbonyl (C=O) groups excluding carboxylic acids is 2. The summed E-state index contributed by atoms with van der Waals surface area (Å²) in [6.45, 7) is 3.94. The van der Waals surface area contributed by atoms with Crippen LogP contribution in [0.1, 0.15) is 40.6 Å². The van der Waals surface area contributed by atoms with Gasteiger partial charge in [0.1, 0.15) is 5.92 Å². The fourth-order valence-corrected chi connectivity index (χ4v) is 4.53. The van der Waals surface area contributed by atoms with Gasteiger partial charge in [0, 0.05) is 33.2 Å². The van der Waals surface area contributed by atoms with Gasteiger partial charge in [-0.05, 0) is 25.3 Å². The first kappa shape index (κ1) is 16.0. The Bertz CT molecular complexity index is 924. The number of rotatable bonds is 3. The van der Waals surface area contributed by atoms with Crippen LogP contribution in [0.2, 0.25) is 0 Å². The molecule has 2 atom stereocenters. The van der Waals surface area contributed by atoms with Gasteiger partial charge in [-0.2, -0.15) is 0 Å². The van der Waals surface area contributed by atoms with Crippen molar-refractivity contribution < 1.29 is 14.3 Å². The second kappa shape index (κ2) is 6.08. The van der Waals surface area contributed by atoms with E-state index in [1.807, 2.05) is 48.7 Å². The lowest BCUT2D eigenvalue weighted by Gasteiger charge is -2.29. The van der Waals surface area contributed by atoms with E-state index in [1.165, 1.54) is 0 Å². The van der Waals surface area contributed by atoms with E-state index in [2.05, 4.69) is 4.99 Å². The first-order chi connectivity index (χ1) is 12.1. The van der Waals surface area contributed by atoms with Crippen molar-refractivity contribution in [2.45, 2.75) is 19.8 Å². The summed E-state index contributed by atoms with van der Waals surface area (Å²) >= 11 is 1.55. The first-order valence-electron chi connectivity index (χ1n) is 8.27. The number of ether oxygens (including phenoxy) is 1. The number of nitrogens with zero attached hydrogens (tertiary/aromatic N) is 1. The summed E-state index contributed by atoms with van der Waals surface area (Å²) in [5.74, 6) is -1.26. The van der Waals surface area contributed by atoms with E-state index in [4.69, 9.17) is 4.74 Å². The molecule has 1 aliphatic heterocycles. The summed E-state index contributed by atoms with van der Waals surface area (Å²) in [6.07, 6.45) is 0. The van der Waals surface area contributed by atoms with E-state index in [0.717, 1.165) is 10.4 Å². The van der Waals surface area contributed by atoms with Crippen molar-refractivity contribution >= 4 is 34.5 Å². The fourth-order valence-electron chi connectivity index (χ4n) is 3.66. The zero-order valence-electron chi connectivity index (χ0n) is 14.0. The number of benzene rings is 1. The number of allylic oxidation sites excluding steroid dienone is 1. The Balaban J connectivity index is 1.91. The Labute approximate surface area is 149 Å². The van der Waals surface area contributed by atoms with Crippen LogP contribution in [-0.2, 0) is 9.53 Å². The molecule has 0 amide bonds. The van der Waals surface area contributed by atoms with E-state index >= 15 is 0 Å². The molecule has 126 valence electrons. The Kier molecular flexibility index (Phi) is 3.88. The third kappa shape index (κ3) is 2.38. The highest BCUT2D eigenvalue weighted by atomic mass is 32.1. The van der Waals surface area contributed by atoms with Crippen LogP contribution in [-0.4, -0.2) is 24.1 Å². The van der Waals surface area contributed by atoms with Gasteiger partial charge in [0.25, 0.3) is 0 Å². The molecule has 4 rings (SSSR count). The van der Waals surface area contributed by atoms with Gasteiger partial charge >= 0.3 is 5.97 Å². The first-order valence-corrected chi connectivity index (χ1v) is 9.15. The molecule has 0 spiro atoms. The minimum atomic E-state index is -0.560. The van der Waals surface area contributed by atoms with Gasteiger partial charge in [0.15, 0.2) is 5.78 Å². The molecule has 2 heterocycles. The Morgan fingerprint density at radius 2 is 1.96 bits per heavy atom. The smallest absolute Gasteiger partial charge is 0.315 e. The molecule has 1 aromatic carbocycles. The largest absolute Gasteiger partial charge is 0.465 e. The van der Waals surface area contributed by atoms with Crippen molar-refractivity contribution in [3.8, 4) is 0 Å². The Hall–Kier alpha value is -2.53. The van der Waals surface area contributed by atoms with Crippen molar-refractivity contribution in [2.24, 2.45) is 10.9 Å². The fraction of sp³-hybridized carbons (Fsp3) is 0.250. The van der Waals surface area contributed by atoms with Crippen molar-refractivity contribution in [3.63, 3.8) is 0 Å². The summed E-state index contributed by atoms with van der Waals surface area (Å²) in [4.78, 5) is 31.4. The molecule has 5 heteroatoms. The molecular formula is C20H17NO3S. The van der Waals surface area contributed by atoms with Gasteiger partial charge in [-0.25, -0.2) is 0 Å². The second-order valence-corrected chi connectivity index (χ2v) is 7.09. The number of hydrogen-bond donors (Lipinski definition) is 0. The number of hydrogen-bond acceptors (Lipinski definition) is 5. The Morgan fingerprint density at radius 1 is 1.20 bits per heavy atom. The molecule has 2 aliphatic rings. The normalized spacial score (nSPS) is 21.7. The van der Waals surface area contributed by atoms with Crippen LogP contribution in [0, 0.1) is 5.92 Å². The predicted molar refractivity (Wildman–Crippen MR) is 98.0 cm³/mol. The quantitative estimate of drug-likeness (QED) is 0.783. The molecular weight excluding hydrogens is 334 g/mol.